The third-order valence-electron chi connectivity index (χ3n) is 6.93. The quantitative estimate of drug-likeness (QED) is 0.564. The first-order valence-corrected chi connectivity index (χ1v) is 11.4. The molecule has 0 aromatic heterocycles. The summed E-state index contributed by atoms with van der Waals surface area (Å²) in [5.41, 5.74) is 6.49. The van der Waals surface area contributed by atoms with Crippen LogP contribution in [0.2, 0.25) is 0 Å². The molecule has 164 valence electrons. The van der Waals surface area contributed by atoms with Crippen LogP contribution < -0.4 is 10.1 Å². The Labute approximate surface area is 189 Å². The molecule has 0 unspecified atom stereocenters. The Morgan fingerprint density at radius 2 is 1.72 bits per heavy atom. The molecule has 1 amide bonds. The number of carbonyl (C=O) groups is 1. The van der Waals surface area contributed by atoms with Crippen LogP contribution in [0.5, 0.6) is 5.75 Å². The molecule has 0 saturated heterocycles. The lowest BCUT2D eigenvalue weighted by Gasteiger charge is -2.41. The van der Waals surface area contributed by atoms with Crippen molar-refractivity contribution in [2.45, 2.75) is 50.2 Å². The maximum absolute atomic E-state index is 12.7. The second kappa shape index (κ2) is 9.07. The third-order valence-corrected chi connectivity index (χ3v) is 6.93. The van der Waals surface area contributed by atoms with E-state index in [2.05, 4.69) is 47.8 Å². The summed E-state index contributed by atoms with van der Waals surface area (Å²) in [5.74, 6) is 1.64. The zero-order chi connectivity index (χ0) is 21.9. The van der Waals surface area contributed by atoms with Crippen molar-refractivity contribution in [2.24, 2.45) is 0 Å². The highest BCUT2D eigenvalue weighted by Gasteiger charge is 2.38. The maximum atomic E-state index is 12.7. The molecule has 0 radical (unpaired) electrons. The van der Waals surface area contributed by atoms with Gasteiger partial charge in [-0.15, -0.1) is 0 Å². The average Bonchev–Trinajstić information content (AvgIpc) is 2.85. The summed E-state index contributed by atoms with van der Waals surface area (Å²) in [4.78, 5) is 12.7. The molecule has 0 saturated carbocycles. The van der Waals surface area contributed by atoms with Crippen molar-refractivity contribution >= 4 is 6.09 Å². The largest absolute Gasteiger partial charge is 0.497 e. The van der Waals surface area contributed by atoms with E-state index in [1.807, 2.05) is 30.3 Å². The van der Waals surface area contributed by atoms with Gasteiger partial charge in [0.05, 0.1) is 7.11 Å². The fourth-order valence-corrected chi connectivity index (χ4v) is 5.44. The van der Waals surface area contributed by atoms with E-state index in [-0.39, 0.29) is 24.7 Å². The molecule has 1 N–H and O–H groups in total. The third kappa shape index (κ3) is 4.22. The summed E-state index contributed by atoms with van der Waals surface area (Å²) in [6, 6.07) is 25.0. The van der Waals surface area contributed by atoms with Gasteiger partial charge in [-0.1, -0.05) is 60.7 Å². The van der Waals surface area contributed by atoms with Crippen molar-refractivity contribution in [3.8, 4) is 5.75 Å². The van der Waals surface area contributed by atoms with Crippen molar-refractivity contribution in [1.82, 2.24) is 5.32 Å². The summed E-state index contributed by atoms with van der Waals surface area (Å²) in [6.07, 6.45) is 3.55. The number of methoxy groups -OCH3 is 1. The van der Waals surface area contributed by atoms with E-state index in [0.29, 0.717) is 5.92 Å². The molecule has 2 aliphatic carbocycles. The summed E-state index contributed by atoms with van der Waals surface area (Å²) in [6.45, 7) is 0.287. The second-order valence-electron chi connectivity index (χ2n) is 8.86. The number of alkyl carbamates (subject to hydrolysis) is 1. The van der Waals surface area contributed by atoms with E-state index in [1.165, 1.54) is 22.3 Å². The highest BCUT2D eigenvalue weighted by molar-refractivity contribution is 5.68. The van der Waals surface area contributed by atoms with Crippen molar-refractivity contribution in [3.05, 3.63) is 101 Å². The lowest BCUT2D eigenvalue weighted by atomic mass is 9.66. The summed E-state index contributed by atoms with van der Waals surface area (Å²) >= 11 is 0. The summed E-state index contributed by atoms with van der Waals surface area (Å²) < 4.78 is 11.1. The highest BCUT2D eigenvalue weighted by atomic mass is 16.5. The fraction of sp³-hybridized carbons (Fsp3) is 0.321. The molecule has 0 fully saturated rings. The number of nitrogens with one attached hydrogen (secondary N) is 1. The van der Waals surface area contributed by atoms with Crippen LogP contribution in [0.3, 0.4) is 0 Å². The number of amides is 1. The lowest BCUT2D eigenvalue weighted by molar-refractivity contribution is 0.131. The minimum Gasteiger partial charge on any atom is -0.497 e. The van der Waals surface area contributed by atoms with E-state index in [4.69, 9.17) is 9.47 Å². The zero-order valence-corrected chi connectivity index (χ0v) is 18.4. The number of benzene rings is 3. The van der Waals surface area contributed by atoms with Gasteiger partial charge in [-0.05, 0) is 71.6 Å². The number of rotatable bonds is 5. The first-order chi connectivity index (χ1) is 15.7. The number of hydrogen-bond donors (Lipinski definition) is 1. The molecule has 0 aliphatic heterocycles. The Morgan fingerprint density at radius 1 is 1.00 bits per heavy atom. The Morgan fingerprint density at radius 3 is 2.47 bits per heavy atom. The van der Waals surface area contributed by atoms with Crippen LogP contribution >= 0.6 is 0 Å². The van der Waals surface area contributed by atoms with Crippen LogP contribution in [-0.4, -0.2) is 19.2 Å². The van der Waals surface area contributed by atoms with E-state index >= 15 is 0 Å². The Bertz CT molecular complexity index is 1080. The minimum atomic E-state index is -0.334. The van der Waals surface area contributed by atoms with Gasteiger partial charge in [-0.3, -0.25) is 0 Å². The molecule has 3 aromatic rings. The highest BCUT2D eigenvalue weighted by Crippen LogP contribution is 2.47. The van der Waals surface area contributed by atoms with Crippen molar-refractivity contribution in [1.29, 1.82) is 0 Å². The van der Waals surface area contributed by atoms with Gasteiger partial charge < -0.3 is 14.8 Å². The molecule has 0 heterocycles. The number of carbonyl (C=O) groups excluding carboxylic acids is 1. The molecular weight excluding hydrogens is 398 g/mol. The first-order valence-electron chi connectivity index (χ1n) is 11.4. The normalized spacial score (nSPS) is 21.3. The van der Waals surface area contributed by atoms with Crippen LogP contribution in [0.15, 0.2) is 72.8 Å². The smallest absolute Gasteiger partial charge is 0.407 e. The maximum Gasteiger partial charge on any atom is 0.407 e. The predicted molar refractivity (Wildman–Crippen MR) is 125 cm³/mol. The molecule has 4 heteroatoms. The molecule has 3 atom stereocenters. The van der Waals surface area contributed by atoms with E-state index < -0.39 is 0 Å². The summed E-state index contributed by atoms with van der Waals surface area (Å²) in [7, 11) is 1.74. The van der Waals surface area contributed by atoms with Gasteiger partial charge in [-0.25, -0.2) is 4.79 Å². The molecular formula is C28H29NO3. The molecule has 5 rings (SSSR count). The minimum absolute atomic E-state index is 0.0735. The van der Waals surface area contributed by atoms with Crippen LogP contribution in [-0.2, 0) is 24.2 Å². The van der Waals surface area contributed by atoms with Gasteiger partial charge in [-0.2, -0.15) is 0 Å². The number of ether oxygens (including phenoxy) is 2. The standard InChI is InChI=1S/C28H29NO3/c1-31-24-15-21-12-13-26(29-28(30)32-18-19-8-4-2-5-9-19)25-17-22(14-23(16-24)27(21)25)20-10-6-3-7-11-20/h2-11,15-16,22,25-26H,12-14,17-18H2,1H3,(H,29,30)/t22-,25+,26-/m1/s1. The van der Waals surface area contributed by atoms with Gasteiger partial charge in [0.25, 0.3) is 0 Å². The molecule has 32 heavy (non-hydrogen) atoms. The van der Waals surface area contributed by atoms with E-state index in [1.54, 1.807) is 7.11 Å². The molecule has 3 aromatic carbocycles. The monoisotopic (exact) mass is 427 g/mol. The Hall–Kier alpha value is -3.27. The summed E-state index contributed by atoms with van der Waals surface area (Å²) in [5, 5.41) is 3.20. The van der Waals surface area contributed by atoms with E-state index in [9.17, 15) is 4.79 Å². The van der Waals surface area contributed by atoms with Crippen molar-refractivity contribution in [2.75, 3.05) is 7.11 Å². The molecule has 0 spiro atoms. The zero-order valence-electron chi connectivity index (χ0n) is 18.4. The van der Waals surface area contributed by atoms with Gasteiger partial charge in [0, 0.05) is 12.0 Å². The Balaban J connectivity index is 1.38. The van der Waals surface area contributed by atoms with Crippen molar-refractivity contribution < 1.29 is 14.3 Å². The topological polar surface area (TPSA) is 47.6 Å². The Kier molecular flexibility index (Phi) is 5.85. The molecule has 2 aliphatic rings. The van der Waals surface area contributed by atoms with Gasteiger partial charge in [0.1, 0.15) is 12.4 Å². The van der Waals surface area contributed by atoms with E-state index in [0.717, 1.165) is 37.0 Å². The molecule has 4 nitrogen and oxygen atoms in total. The number of hydrogen-bond acceptors (Lipinski definition) is 3. The lowest BCUT2D eigenvalue weighted by Crippen LogP contribution is -2.44. The predicted octanol–water partition coefficient (Wildman–Crippen LogP) is 5.75. The van der Waals surface area contributed by atoms with Crippen molar-refractivity contribution in [3.63, 3.8) is 0 Å². The fourth-order valence-electron chi connectivity index (χ4n) is 5.44. The van der Waals surface area contributed by atoms with Crippen LogP contribution in [0, 0.1) is 0 Å². The van der Waals surface area contributed by atoms with Gasteiger partial charge in [0.2, 0.25) is 0 Å². The average molecular weight is 428 g/mol. The number of aryl methyl sites for hydroxylation is 1. The van der Waals surface area contributed by atoms with Crippen LogP contribution in [0.4, 0.5) is 4.79 Å². The first kappa shape index (κ1) is 20.6. The molecule has 0 bridgehead atoms. The SMILES string of the molecule is COc1cc2c3c(c1)C[C@@H](c1ccccc1)C[C@H]3[C@H](NC(=O)OCc1ccccc1)CC2. The van der Waals surface area contributed by atoms with Gasteiger partial charge in [0.15, 0.2) is 0 Å². The van der Waals surface area contributed by atoms with Gasteiger partial charge >= 0.3 is 6.09 Å². The second-order valence-corrected chi connectivity index (χ2v) is 8.86. The van der Waals surface area contributed by atoms with Crippen LogP contribution in [0.1, 0.15) is 52.5 Å². The van der Waals surface area contributed by atoms with Crippen LogP contribution in [0.25, 0.3) is 0 Å².